The van der Waals surface area contributed by atoms with Crippen molar-refractivity contribution in [1.82, 2.24) is 4.57 Å². The van der Waals surface area contributed by atoms with Gasteiger partial charge in [0.15, 0.2) is 11.5 Å². The van der Waals surface area contributed by atoms with E-state index in [1.807, 2.05) is 24.3 Å². The fourth-order valence-corrected chi connectivity index (χ4v) is 3.87. The molecule has 4 nitrogen and oxygen atoms in total. The Bertz CT molecular complexity index is 903. The van der Waals surface area contributed by atoms with Crippen molar-refractivity contribution in [3.05, 3.63) is 57.1 Å². The molecule has 2 aromatic carbocycles. The number of halogens is 2. The summed E-state index contributed by atoms with van der Waals surface area (Å²) in [7, 11) is 0. The second-order valence-electron chi connectivity index (χ2n) is 4.81. The van der Waals surface area contributed by atoms with E-state index in [0.717, 1.165) is 15.4 Å². The molecule has 1 aliphatic rings. The summed E-state index contributed by atoms with van der Waals surface area (Å²) >= 11 is 7.07. The second kappa shape index (κ2) is 5.14. The van der Waals surface area contributed by atoms with Gasteiger partial charge in [0.25, 0.3) is 5.91 Å². The predicted octanol–water partition coefficient (Wildman–Crippen LogP) is 4.58. The Hall–Kier alpha value is -1.79. The molecule has 0 atom stereocenters. The number of rotatable bonds is 1. The van der Waals surface area contributed by atoms with Crippen LogP contribution in [0.5, 0.6) is 11.5 Å². The van der Waals surface area contributed by atoms with Crippen molar-refractivity contribution in [1.29, 1.82) is 0 Å². The van der Waals surface area contributed by atoms with Crippen LogP contribution in [0.15, 0.2) is 51.5 Å². The molecule has 0 aliphatic carbocycles. The molecule has 0 amide bonds. The maximum atomic E-state index is 12.7. The minimum absolute atomic E-state index is 0.0953. The van der Waals surface area contributed by atoms with Crippen LogP contribution in [-0.4, -0.2) is 17.3 Å². The molecular weight excluding hydrogens is 414 g/mol. The first-order chi connectivity index (χ1) is 10.7. The minimum Gasteiger partial charge on any atom is -0.452 e. The lowest BCUT2D eigenvalue weighted by Crippen LogP contribution is -2.10. The highest BCUT2D eigenvalue weighted by molar-refractivity contribution is 9.11. The third kappa shape index (κ3) is 1.90. The zero-order valence-corrected chi connectivity index (χ0v) is 14.3. The molecule has 0 radical (unpaired) electrons. The maximum Gasteiger partial charge on any atom is 0.262 e. The number of benzene rings is 2. The van der Waals surface area contributed by atoms with E-state index in [2.05, 4.69) is 31.9 Å². The molecule has 110 valence electrons. The van der Waals surface area contributed by atoms with Crippen LogP contribution in [0.2, 0.25) is 0 Å². The summed E-state index contributed by atoms with van der Waals surface area (Å²) in [5.74, 6) is 1.17. The quantitative estimate of drug-likeness (QED) is 0.576. The Kier molecular flexibility index (Phi) is 3.23. The molecule has 3 aromatic rings. The average molecular weight is 423 g/mol. The van der Waals surface area contributed by atoms with Gasteiger partial charge in [-0.1, -0.05) is 18.2 Å². The highest BCUT2D eigenvalue weighted by Crippen LogP contribution is 2.50. The van der Waals surface area contributed by atoms with Crippen molar-refractivity contribution < 1.29 is 14.3 Å². The molecule has 0 saturated heterocycles. The van der Waals surface area contributed by atoms with Crippen molar-refractivity contribution in [2.45, 2.75) is 0 Å². The van der Waals surface area contributed by atoms with E-state index in [9.17, 15) is 4.79 Å². The summed E-state index contributed by atoms with van der Waals surface area (Å²) in [6.07, 6.45) is 1.75. The first-order valence-corrected chi connectivity index (χ1v) is 8.14. The molecule has 22 heavy (non-hydrogen) atoms. The molecule has 0 fully saturated rings. The molecule has 0 unspecified atom stereocenters. The lowest BCUT2D eigenvalue weighted by molar-refractivity contribution is 0.0965. The smallest absolute Gasteiger partial charge is 0.262 e. The summed E-state index contributed by atoms with van der Waals surface area (Å²) in [6.45, 7) is 0.172. The number of aromatic nitrogens is 1. The van der Waals surface area contributed by atoms with E-state index in [-0.39, 0.29) is 12.7 Å². The molecule has 6 heteroatoms. The van der Waals surface area contributed by atoms with E-state index >= 15 is 0 Å². The first kappa shape index (κ1) is 13.8. The normalized spacial score (nSPS) is 12.8. The van der Waals surface area contributed by atoms with Gasteiger partial charge in [-0.05, 0) is 50.1 Å². The number of fused-ring (bicyclic) bond motifs is 2. The number of carbonyl (C=O) groups is 1. The van der Waals surface area contributed by atoms with Crippen molar-refractivity contribution >= 4 is 48.7 Å². The average Bonchev–Trinajstić information content (AvgIpc) is 3.20. The predicted molar refractivity (Wildman–Crippen MR) is 89.6 cm³/mol. The molecule has 1 aliphatic heterocycles. The van der Waals surface area contributed by atoms with Crippen molar-refractivity contribution in [3.63, 3.8) is 0 Å². The van der Waals surface area contributed by atoms with Crippen LogP contribution >= 0.6 is 31.9 Å². The number of nitrogens with zero attached hydrogens (tertiary/aromatic N) is 1. The third-order valence-electron chi connectivity index (χ3n) is 3.58. The Morgan fingerprint density at radius 2 is 1.68 bits per heavy atom. The topological polar surface area (TPSA) is 40.5 Å². The molecule has 4 rings (SSSR count). The molecule has 0 spiro atoms. The first-order valence-electron chi connectivity index (χ1n) is 6.56. The number of hydrogen-bond acceptors (Lipinski definition) is 3. The SMILES string of the molecule is O=C(c1ccccc1)n1ccc2c(Br)c3c(c(Br)c21)OCO3. The van der Waals surface area contributed by atoms with E-state index in [4.69, 9.17) is 9.47 Å². The summed E-state index contributed by atoms with van der Waals surface area (Å²) in [5, 5.41) is 0.889. The van der Waals surface area contributed by atoms with Crippen molar-refractivity contribution in [3.8, 4) is 11.5 Å². The maximum absolute atomic E-state index is 12.7. The summed E-state index contributed by atoms with van der Waals surface area (Å²) in [5.41, 5.74) is 1.38. The highest BCUT2D eigenvalue weighted by atomic mass is 79.9. The van der Waals surface area contributed by atoms with Gasteiger partial charge in [0.1, 0.15) is 0 Å². The van der Waals surface area contributed by atoms with Crippen LogP contribution in [0.1, 0.15) is 10.4 Å². The Morgan fingerprint density at radius 1 is 1.00 bits per heavy atom. The minimum atomic E-state index is -0.0953. The van der Waals surface area contributed by atoms with Gasteiger partial charge in [0.05, 0.1) is 14.5 Å². The molecule has 0 saturated carbocycles. The summed E-state index contributed by atoms with van der Waals surface area (Å²) in [4.78, 5) is 12.7. The third-order valence-corrected chi connectivity index (χ3v) is 5.10. The Labute approximate surface area is 142 Å². The molecule has 0 bridgehead atoms. The van der Waals surface area contributed by atoms with Gasteiger partial charge in [-0.15, -0.1) is 0 Å². The molecule has 1 aromatic heterocycles. The van der Waals surface area contributed by atoms with Gasteiger partial charge >= 0.3 is 0 Å². The number of carbonyl (C=O) groups excluding carboxylic acids is 1. The number of ether oxygens (including phenoxy) is 2. The zero-order chi connectivity index (χ0) is 15.3. The van der Waals surface area contributed by atoms with Gasteiger partial charge in [-0.3, -0.25) is 9.36 Å². The number of hydrogen-bond donors (Lipinski definition) is 0. The second-order valence-corrected chi connectivity index (χ2v) is 6.40. The summed E-state index contributed by atoms with van der Waals surface area (Å²) in [6, 6.07) is 11.0. The standard InChI is InChI=1S/C16H9Br2NO3/c17-11-10-6-7-19(16(20)9-4-2-1-3-5-9)13(10)12(18)15-14(11)21-8-22-15/h1-7H,8H2. The Balaban J connectivity index is 1.98. The van der Waals surface area contributed by atoms with Crippen LogP contribution in [0, 0.1) is 0 Å². The van der Waals surface area contributed by atoms with Crippen molar-refractivity contribution in [2.75, 3.05) is 6.79 Å². The van der Waals surface area contributed by atoms with Gasteiger partial charge in [-0.2, -0.15) is 0 Å². The monoisotopic (exact) mass is 421 g/mol. The van der Waals surface area contributed by atoms with E-state index in [1.165, 1.54) is 0 Å². The fourth-order valence-electron chi connectivity index (χ4n) is 2.56. The van der Waals surface area contributed by atoms with Crippen LogP contribution in [0.25, 0.3) is 10.9 Å². The lowest BCUT2D eigenvalue weighted by atomic mass is 10.2. The Morgan fingerprint density at radius 3 is 2.41 bits per heavy atom. The summed E-state index contributed by atoms with van der Waals surface area (Å²) < 4.78 is 14.1. The van der Waals surface area contributed by atoms with Gasteiger partial charge in [0, 0.05) is 17.1 Å². The van der Waals surface area contributed by atoms with Crippen LogP contribution in [0.3, 0.4) is 0 Å². The largest absolute Gasteiger partial charge is 0.452 e. The van der Waals surface area contributed by atoms with E-state index in [1.54, 1.807) is 22.9 Å². The molecular formula is C16H9Br2NO3. The van der Waals surface area contributed by atoms with Gasteiger partial charge < -0.3 is 9.47 Å². The highest BCUT2D eigenvalue weighted by Gasteiger charge is 2.27. The van der Waals surface area contributed by atoms with E-state index < -0.39 is 0 Å². The van der Waals surface area contributed by atoms with Gasteiger partial charge in [0.2, 0.25) is 6.79 Å². The van der Waals surface area contributed by atoms with Gasteiger partial charge in [-0.25, -0.2) is 0 Å². The molecule has 0 N–H and O–H groups in total. The van der Waals surface area contributed by atoms with Crippen LogP contribution in [-0.2, 0) is 0 Å². The van der Waals surface area contributed by atoms with E-state index in [0.29, 0.717) is 21.5 Å². The lowest BCUT2D eigenvalue weighted by Gasteiger charge is -2.09. The van der Waals surface area contributed by atoms with Crippen molar-refractivity contribution in [2.24, 2.45) is 0 Å². The van der Waals surface area contributed by atoms with Crippen LogP contribution in [0.4, 0.5) is 0 Å². The van der Waals surface area contributed by atoms with Crippen LogP contribution < -0.4 is 9.47 Å². The zero-order valence-electron chi connectivity index (χ0n) is 11.2. The fraction of sp³-hybridized carbons (Fsp3) is 0.0625. The molecule has 2 heterocycles.